The second-order valence-electron chi connectivity index (χ2n) is 3.76. The van der Waals surface area contributed by atoms with Gasteiger partial charge in [-0.25, -0.2) is 14.6 Å². The molecule has 1 aromatic rings. The molecule has 0 fully saturated rings. The number of carbonyl (C=O) groups is 2. The van der Waals surface area contributed by atoms with Gasteiger partial charge in [-0.1, -0.05) is 12.1 Å². The number of carboxylic acids is 1. The molecule has 6 nitrogen and oxygen atoms in total. The van der Waals surface area contributed by atoms with E-state index in [1.165, 1.54) is 5.01 Å². The number of amides is 2. The first-order chi connectivity index (χ1) is 7.91. The van der Waals surface area contributed by atoms with Crippen LogP contribution in [0.3, 0.4) is 0 Å². The van der Waals surface area contributed by atoms with E-state index in [-0.39, 0.29) is 11.3 Å². The Morgan fingerprint density at radius 1 is 1.29 bits per heavy atom. The Labute approximate surface area is 99.2 Å². The number of urea groups is 1. The van der Waals surface area contributed by atoms with Crippen molar-refractivity contribution in [3.05, 3.63) is 29.3 Å². The van der Waals surface area contributed by atoms with Crippen LogP contribution in [0.2, 0.25) is 0 Å². The molecule has 0 aliphatic rings. The van der Waals surface area contributed by atoms with Gasteiger partial charge < -0.3 is 10.4 Å². The summed E-state index contributed by atoms with van der Waals surface area (Å²) in [6, 6.07) is 4.43. The maximum atomic E-state index is 11.5. The fourth-order valence-corrected chi connectivity index (χ4v) is 1.41. The molecular weight excluding hydrogens is 222 g/mol. The van der Waals surface area contributed by atoms with Crippen molar-refractivity contribution in [1.82, 2.24) is 10.4 Å². The normalized spacial score (nSPS) is 10.1. The summed E-state index contributed by atoms with van der Waals surface area (Å²) in [6.07, 6.45) is 0. The van der Waals surface area contributed by atoms with Gasteiger partial charge in [0, 0.05) is 14.1 Å². The highest BCUT2D eigenvalue weighted by Crippen LogP contribution is 2.19. The number of carboxylic acid groups (broad SMARTS) is 1. The molecule has 0 heterocycles. The lowest BCUT2D eigenvalue weighted by Gasteiger charge is -2.14. The van der Waals surface area contributed by atoms with E-state index in [4.69, 9.17) is 5.11 Å². The molecule has 0 bridgehead atoms. The zero-order valence-corrected chi connectivity index (χ0v) is 9.94. The quantitative estimate of drug-likeness (QED) is 0.692. The largest absolute Gasteiger partial charge is 0.478 e. The zero-order chi connectivity index (χ0) is 13.0. The molecule has 1 rings (SSSR count). The summed E-state index contributed by atoms with van der Waals surface area (Å²) in [7, 11) is 3.32. The van der Waals surface area contributed by atoms with Crippen molar-refractivity contribution in [1.29, 1.82) is 0 Å². The van der Waals surface area contributed by atoms with Gasteiger partial charge in [0.05, 0.1) is 11.3 Å². The van der Waals surface area contributed by atoms with Crippen molar-refractivity contribution >= 4 is 17.7 Å². The SMILES string of the molecule is Cc1cccc(NC(=O)NN(C)C)c1C(=O)O. The van der Waals surface area contributed by atoms with Crippen molar-refractivity contribution < 1.29 is 14.7 Å². The van der Waals surface area contributed by atoms with Crippen LogP contribution in [-0.2, 0) is 0 Å². The zero-order valence-electron chi connectivity index (χ0n) is 9.94. The lowest BCUT2D eigenvalue weighted by Crippen LogP contribution is -2.39. The molecule has 1 aromatic carbocycles. The van der Waals surface area contributed by atoms with E-state index in [0.717, 1.165) is 0 Å². The van der Waals surface area contributed by atoms with Gasteiger partial charge in [0.1, 0.15) is 0 Å². The molecule has 0 aliphatic carbocycles. The van der Waals surface area contributed by atoms with Gasteiger partial charge in [-0.3, -0.25) is 5.43 Å². The maximum Gasteiger partial charge on any atom is 0.338 e. The van der Waals surface area contributed by atoms with Crippen LogP contribution in [0.1, 0.15) is 15.9 Å². The van der Waals surface area contributed by atoms with E-state index in [0.29, 0.717) is 5.56 Å². The minimum atomic E-state index is -1.07. The fraction of sp³-hybridized carbons (Fsp3) is 0.273. The van der Waals surface area contributed by atoms with Gasteiger partial charge in [0.25, 0.3) is 0 Å². The molecule has 6 heteroatoms. The standard InChI is InChI=1S/C11H15N3O3/c1-7-5-4-6-8(9(7)10(15)16)12-11(17)13-14(2)3/h4-6H,1-3H3,(H,15,16)(H2,12,13,17). The molecule has 92 valence electrons. The van der Waals surface area contributed by atoms with Crippen molar-refractivity contribution in [3.8, 4) is 0 Å². The average Bonchev–Trinajstić information content (AvgIpc) is 2.15. The summed E-state index contributed by atoms with van der Waals surface area (Å²) in [5.74, 6) is -1.07. The van der Waals surface area contributed by atoms with Crippen LogP contribution in [0.25, 0.3) is 0 Å². The van der Waals surface area contributed by atoms with Crippen molar-refractivity contribution in [3.63, 3.8) is 0 Å². The van der Waals surface area contributed by atoms with E-state index in [2.05, 4.69) is 10.7 Å². The first kappa shape index (κ1) is 13.0. The van der Waals surface area contributed by atoms with Crippen LogP contribution in [0.5, 0.6) is 0 Å². The summed E-state index contributed by atoms with van der Waals surface area (Å²) in [6.45, 7) is 1.68. The first-order valence-corrected chi connectivity index (χ1v) is 4.99. The Morgan fingerprint density at radius 2 is 1.94 bits per heavy atom. The van der Waals surface area contributed by atoms with E-state index >= 15 is 0 Å². The van der Waals surface area contributed by atoms with Crippen molar-refractivity contribution in [2.24, 2.45) is 0 Å². The number of hydrogen-bond donors (Lipinski definition) is 3. The Balaban J connectivity index is 2.95. The van der Waals surface area contributed by atoms with E-state index < -0.39 is 12.0 Å². The number of hydrazine groups is 1. The fourth-order valence-electron chi connectivity index (χ4n) is 1.41. The van der Waals surface area contributed by atoms with E-state index in [9.17, 15) is 9.59 Å². The summed E-state index contributed by atoms with van der Waals surface area (Å²) >= 11 is 0. The molecular formula is C11H15N3O3. The number of anilines is 1. The molecule has 2 amide bonds. The number of rotatable bonds is 3. The molecule has 0 aliphatic heterocycles. The van der Waals surface area contributed by atoms with Gasteiger partial charge in [0.15, 0.2) is 0 Å². The molecule has 0 unspecified atom stereocenters. The second kappa shape index (κ2) is 5.31. The summed E-state index contributed by atoms with van der Waals surface area (Å²) < 4.78 is 0. The van der Waals surface area contributed by atoms with Crippen LogP contribution in [0.15, 0.2) is 18.2 Å². The predicted octanol–water partition coefficient (Wildman–Crippen LogP) is 1.29. The topological polar surface area (TPSA) is 81.7 Å². The number of nitrogens with one attached hydrogen (secondary N) is 2. The third kappa shape index (κ3) is 3.46. The number of aryl methyl sites for hydroxylation is 1. The van der Waals surface area contributed by atoms with Gasteiger partial charge in [-0.15, -0.1) is 0 Å². The average molecular weight is 237 g/mol. The lowest BCUT2D eigenvalue weighted by molar-refractivity contribution is 0.0697. The molecule has 0 saturated heterocycles. The first-order valence-electron chi connectivity index (χ1n) is 4.99. The molecule has 3 N–H and O–H groups in total. The van der Waals surface area contributed by atoms with Crippen molar-refractivity contribution in [2.75, 3.05) is 19.4 Å². The third-order valence-corrected chi connectivity index (χ3v) is 2.06. The monoisotopic (exact) mass is 237 g/mol. The van der Waals surface area contributed by atoms with Crippen molar-refractivity contribution in [2.45, 2.75) is 6.92 Å². The second-order valence-corrected chi connectivity index (χ2v) is 3.76. The highest BCUT2D eigenvalue weighted by atomic mass is 16.4. The minimum absolute atomic E-state index is 0.0985. The Hall–Kier alpha value is -2.08. The van der Waals surface area contributed by atoms with E-state index in [1.807, 2.05) is 0 Å². The van der Waals surface area contributed by atoms with Crippen LogP contribution in [-0.4, -0.2) is 36.2 Å². The Kier molecular flexibility index (Phi) is 4.06. The van der Waals surface area contributed by atoms with Crippen LogP contribution < -0.4 is 10.7 Å². The lowest BCUT2D eigenvalue weighted by atomic mass is 10.1. The van der Waals surface area contributed by atoms with E-state index in [1.54, 1.807) is 39.2 Å². The number of nitrogens with zero attached hydrogens (tertiary/aromatic N) is 1. The van der Waals surface area contributed by atoms with Gasteiger partial charge in [-0.05, 0) is 18.6 Å². The van der Waals surface area contributed by atoms with Gasteiger partial charge in [0.2, 0.25) is 0 Å². The molecule has 0 atom stereocenters. The van der Waals surface area contributed by atoms with Crippen LogP contribution in [0.4, 0.5) is 10.5 Å². The Bertz CT molecular complexity index is 444. The molecule has 0 radical (unpaired) electrons. The molecule has 0 spiro atoms. The third-order valence-electron chi connectivity index (χ3n) is 2.06. The summed E-state index contributed by atoms with van der Waals surface area (Å²) in [5, 5.41) is 13.0. The predicted molar refractivity (Wildman–Crippen MR) is 64.0 cm³/mol. The maximum absolute atomic E-state index is 11.5. The Morgan fingerprint density at radius 3 is 2.47 bits per heavy atom. The smallest absolute Gasteiger partial charge is 0.338 e. The number of hydrogen-bond acceptors (Lipinski definition) is 3. The highest BCUT2D eigenvalue weighted by Gasteiger charge is 2.14. The van der Waals surface area contributed by atoms with Crippen LogP contribution >= 0.6 is 0 Å². The molecule has 0 aromatic heterocycles. The minimum Gasteiger partial charge on any atom is -0.478 e. The summed E-state index contributed by atoms with van der Waals surface area (Å²) in [5.41, 5.74) is 3.44. The number of benzene rings is 1. The number of aromatic carboxylic acids is 1. The number of carbonyl (C=O) groups excluding carboxylic acids is 1. The van der Waals surface area contributed by atoms with Crippen LogP contribution in [0, 0.1) is 6.92 Å². The molecule has 17 heavy (non-hydrogen) atoms. The summed E-state index contributed by atoms with van der Waals surface area (Å²) in [4.78, 5) is 22.5. The van der Waals surface area contributed by atoms with Gasteiger partial charge >= 0.3 is 12.0 Å². The highest BCUT2D eigenvalue weighted by molar-refractivity contribution is 6.00. The molecule has 0 saturated carbocycles. The van der Waals surface area contributed by atoms with Gasteiger partial charge in [-0.2, -0.15) is 0 Å².